The predicted octanol–water partition coefficient (Wildman–Crippen LogP) is 3.09. The minimum Gasteiger partial charge on any atom is -0.450 e. The van der Waals surface area contributed by atoms with E-state index >= 15 is 0 Å². The Balaban J connectivity index is 0. The zero-order valence-electron chi connectivity index (χ0n) is 11.3. The van der Waals surface area contributed by atoms with Gasteiger partial charge in [-0.2, -0.15) is 0 Å². The van der Waals surface area contributed by atoms with Crippen LogP contribution in [0.15, 0.2) is 0 Å². The third kappa shape index (κ3) is 24.4. The standard InChI is InChI=1S/C12H26O2.CH2O3/c1-2-3-4-5-6-7-8-9-10-12(14)11-13;2-1(3)4/h12-14H,2-11H2,1H3;(H2,2,3,4). The van der Waals surface area contributed by atoms with Crippen molar-refractivity contribution in [3.05, 3.63) is 0 Å². The second kappa shape index (κ2) is 16.2. The predicted molar refractivity (Wildman–Crippen MR) is 71.0 cm³/mol. The zero-order valence-corrected chi connectivity index (χ0v) is 11.3. The summed E-state index contributed by atoms with van der Waals surface area (Å²) >= 11 is 0. The highest BCUT2D eigenvalue weighted by molar-refractivity contribution is 5.53. The number of hydrogen-bond donors (Lipinski definition) is 4. The summed E-state index contributed by atoms with van der Waals surface area (Å²) in [6.45, 7) is 2.15. The molecule has 0 aliphatic rings. The Labute approximate surface area is 109 Å². The molecule has 0 radical (unpaired) electrons. The molecule has 18 heavy (non-hydrogen) atoms. The van der Waals surface area contributed by atoms with E-state index < -0.39 is 12.3 Å². The smallest absolute Gasteiger partial charge is 0.450 e. The first-order chi connectivity index (χ1) is 8.54. The molecule has 0 saturated heterocycles. The molecule has 0 heterocycles. The van der Waals surface area contributed by atoms with Crippen LogP contribution in [0.2, 0.25) is 0 Å². The average molecular weight is 264 g/mol. The van der Waals surface area contributed by atoms with Crippen molar-refractivity contribution in [2.45, 2.75) is 70.8 Å². The molecule has 5 nitrogen and oxygen atoms in total. The monoisotopic (exact) mass is 264 g/mol. The van der Waals surface area contributed by atoms with Gasteiger partial charge in [0.15, 0.2) is 0 Å². The van der Waals surface area contributed by atoms with E-state index in [1.165, 1.54) is 44.9 Å². The molecule has 0 bridgehead atoms. The van der Waals surface area contributed by atoms with E-state index in [0.29, 0.717) is 0 Å². The van der Waals surface area contributed by atoms with E-state index in [0.717, 1.165) is 12.8 Å². The zero-order chi connectivity index (χ0) is 14.2. The van der Waals surface area contributed by atoms with Crippen LogP contribution >= 0.6 is 0 Å². The Kier molecular flexibility index (Phi) is 17.6. The topological polar surface area (TPSA) is 98.0 Å². The summed E-state index contributed by atoms with van der Waals surface area (Å²) in [6, 6.07) is 0. The molecule has 0 aliphatic heterocycles. The normalized spacial score (nSPS) is 11.5. The molecule has 0 aromatic carbocycles. The Morgan fingerprint density at radius 3 is 1.72 bits per heavy atom. The van der Waals surface area contributed by atoms with Gasteiger partial charge in [-0.1, -0.05) is 58.3 Å². The van der Waals surface area contributed by atoms with Gasteiger partial charge in [-0.25, -0.2) is 4.79 Å². The van der Waals surface area contributed by atoms with Crippen LogP contribution in [-0.4, -0.2) is 39.3 Å². The van der Waals surface area contributed by atoms with Gasteiger partial charge >= 0.3 is 6.16 Å². The Morgan fingerprint density at radius 1 is 0.944 bits per heavy atom. The van der Waals surface area contributed by atoms with Gasteiger partial charge in [0.1, 0.15) is 0 Å². The third-order valence-corrected chi connectivity index (χ3v) is 2.60. The fourth-order valence-corrected chi connectivity index (χ4v) is 1.61. The summed E-state index contributed by atoms with van der Waals surface area (Å²) in [7, 11) is 0. The molecule has 1 unspecified atom stereocenters. The molecule has 0 aromatic heterocycles. The van der Waals surface area contributed by atoms with Crippen LogP contribution in [0.5, 0.6) is 0 Å². The summed E-state index contributed by atoms with van der Waals surface area (Å²) in [6.07, 6.45) is 8.69. The van der Waals surface area contributed by atoms with Gasteiger partial charge in [-0.15, -0.1) is 0 Å². The van der Waals surface area contributed by atoms with E-state index in [4.69, 9.17) is 25.2 Å². The summed E-state index contributed by atoms with van der Waals surface area (Å²) in [5.41, 5.74) is 0. The molecule has 1 atom stereocenters. The molecule has 0 fully saturated rings. The number of aliphatic hydroxyl groups is 2. The molecular weight excluding hydrogens is 236 g/mol. The van der Waals surface area contributed by atoms with Crippen LogP contribution in [0.3, 0.4) is 0 Å². The van der Waals surface area contributed by atoms with Crippen LogP contribution < -0.4 is 0 Å². The molecule has 0 aromatic rings. The number of unbranched alkanes of at least 4 members (excludes halogenated alkanes) is 7. The molecule has 5 heteroatoms. The SMILES string of the molecule is CCCCCCCCCCC(O)CO.O=C(O)O. The van der Waals surface area contributed by atoms with Crippen LogP contribution in [-0.2, 0) is 0 Å². The highest BCUT2D eigenvalue weighted by Crippen LogP contribution is 2.10. The summed E-state index contributed by atoms with van der Waals surface area (Å²) in [4.78, 5) is 8.56. The van der Waals surface area contributed by atoms with Crippen molar-refractivity contribution in [2.75, 3.05) is 6.61 Å². The van der Waals surface area contributed by atoms with Gasteiger partial charge in [0.2, 0.25) is 0 Å². The second-order valence-electron chi connectivity index (χ2n) is 4.38. The van der Waals surface area contributed by atoms with E-state index in [-0.39, 0.29) is 6.61 Å². The lowest BCUT2D eigenvalue weighted by Crippen LogP contribution is -2.10. The molecule has 0 amide bonds. The Hall–Kier alpha value is -0.810. The van der Waals surface area contributed by atoms with E-state index in [9.17, 15) is 0 Å². The van der Waals surface area contributed by atoms with Crippen LogP contribution in [0.25, 0.3) is 0 Å². The Morgan fingerprint density at radius 2 is 1.33 bits per heavy atom. The quantitative estimate of drug-likeness (QED) is 0.454. The second-order valence-corrected chi connectivity index (χ2v) is 4.38. The Bertz CT molecular complexity index is 169. The largest absolute Gasteiger partial charge is 0.503 e. The lowest BCUT2D eigenvalue weighted by atomic mass is 10.1. The van der Waals surface area contributed by atoms with Crippen molar-refractivity contribution in [2.24, 2.45) is 0 Å². The molecular formula is C13H28O5. The van der Waals surface area contributed by atoms with Gasteiger partial charge in [-0.3, -0.25) is 0 Å². The van der Waals surface area contributed by atoms with Crippen LogP contribution in [0, 0.1) is 0 Å². The first kappa shape index (κ1) is 19.5. The van der Waals surface area contributed by atoms with E-state index in [1.807, 2.05) is 0 Å². The maximum Gasteiger partial charge on any atom is 0.503 e. The third-order valence-electron chi connectivity index (χ3n) is 2.60. The molecule has 0 spiro atoms. The molecule has 0 aliphatic carbocycles. The van der Waals surface area contributed by atoms with Gasteiger partial charge < -0.3 is 20.4 Å². The number of aliphatic hydroxyl groups excluding tert-OH is 2. The van der Waals surface area contributed by atoms with Crippen molar-refractivity contribution in [1.82, 2.24) is 0 Å². The van der Waals surface area contributed by atoms with E-state index in [2.05, 4.69) is 6.92 Å². The summed E-state index contributed by atoms with van der Waals surface area (Å²) in [5, 5.41) is 31.6. The van der Waals surface area contributed by atoms with Crippen LogP contribution in [0.4, 0.5) is 4.79 Å². The number of rotatable bonds is 10. The summed E-state index contributed by atoms with van der Waals surface area (Å²) in [5.74, 6) is 0. The fourth-order valence-electron chi connectivity index (χ4n) is 1.61. The highest BCUT2D eigenvalue weighted by atomic mass is 16.6. The van der Waals surface area contributed by atoms with Gasteiger partial charge in [0.25, 0.3) is 0 Å². The fraction of sp³-hybridized carbons (Fsp3) is 0.923. The lowest BCUT2D eigenvalue weighted by Gasteiger charge is -2.06. The summed E-state index contributed by atoms with van der Waals surface area (Å²) < 4.78 is 0. The molecule has 0 saturated carbocycles. The minimum atomic E-state index is -1.83. The lowest BCUT2D eigenvalue weighted by molar-refractivity contribution is 0.0860. The van der Waals surface area contributed by atoms with Crippen molar-refractivity contribution in [1.29, 1.82) is 0 Å². The minimum absolute atomic E-state index is 0.0868. The number of carboxylic acid groups (broad SMARTS) is 2. The van der Waals surface area contributed by atoms with Gasteiger partial charge in [0, 0.05) is 0 Å². The van der Waals surface area contributed by atoms with Crippen LogP contribution in [0.1, 0.15) is 64.7 Å². The van der Waals surface area contributed by atoms with Crippen molar-refractivity contribution in [3.63, 3.8) is 0 Å². The maximum atomic E-state index is 9.08. The number of carbonyl (C=O) groups is 1. The van der Waals surface area contributed by atoms with E-state index in [1.54, 1.807) is 0 Å². The number of hydrogen-bond acceptors (Lipinski definition) is 3. The molecule has 0 rings (SSSR count). The average Bonchev–Trinajstić information content (AvgIpc) is 2.31. The van der Waals surface area contributed by atoms with Crippen molar-refractivity contribution in [3.8, 4) is 0 Å². The molecule has 110 valence electrons. The highest BCUT2D eigenvalue weighted by Gasteiger charge is 2.00. The van der Waals surface area contributed by atoms with Gasteiger partial charge in [-0.05, 0) is 6.42 Å². The molecule has 4 N–H and O–H groups in total. The van der Waals surface area contributed by atoms with Crippen molar-refractivity contribution >= 4 is 6.16 Å². The maximum absolute atomic E-state index is 9.08. The first-order valence-electron chi connectivity index (χ1n) is 6.75. The van der Waals surface area contributed by atoms with Gasteiger partial charge in [0.05, 0.1) is 12.7 Å². The first-order valence-corrected chi connectivity index (χ1v) is 6.75. The van der Waals surface area contributed by atoms with Crippen molar-refractivity contribution < 1.29 is 25.2 Å².